The highest BCUT2D eigenvalue weighted by Gasteiger charge is 2.37. The Bertz CT molecular complexity index is 914. The summed E-state index contributed by atoms with van der Waals surface area (Å²) < 4.78 is 0. The average Bonchev–Trinajstić information content (AvgIpc) is 3.03. The summed E-state index contributed by atoms with van der Waals surface area (Å²) in [5, 5.41) is 0. The summed E-state index contributed by atoms with van der Waals surface area (Å²) in [5.74, 6) is 1.13. The summed E-state index contributed by atoms with van der Waals surface area (Å²) >= 11 is 0. The lowest BCUT2D eigenvalue weighted by Crippen LogP contribution is -2.33. The first kappa shape index (κ1) is 23.3. The lowest BCUT2D eigenvalue weighted by atomic mass is 9.63. The second-order valence-corrected chi connectivity index (χ2v) is 11.3. The molecule has 1 aliphatic carbocycles. The van der Waals surface area contributed by atoms with E-state index in [-0.39, 0.29) is 10.8 Å². The van der Waals surface area contributed by atoms with Crippen LogP contribution in [-0.2, 0) is 10.8 Å². The van der Waals surface area contributed by atoms with Gasteiger partial charge in [-0.2, -0.15) is 0 Å². The monoisotopic (exact) mass is 433 g/mol. The van der Waals surface area contributed by atoms with E-state index in [1.54, 1.807) is 0 Å². The van der Waals surface area contributed by atoms with Crippen LogP contribution in [-0.4, -0.2) is 42.6 Å². The highest BCUT2D eigenvalue weighted by atomic mass is 15.2. The van der Waals surface area contributed by atoms with Crippen LogP contribution in [0.15, 0.2) is 36.4 Å². The number of anilines is 1. The molecule has 2 aliphatic rings. The van der Waals surface area contributed by atoms with Gasteiger partial charge in [0.15, 0.2) is 0 Å². The maximum atomic E-state index is 5.15. The minimum Gasteiger partial charge on any atom is -0.355 e. The summed E-state index contributed by atoms with van der Waals surface area (Å²) in [6.07, 6.45) is 7.69. The third-order valence-electron chi connectivity index (χ3n) is 7.87. The van der Waals surface area contributed by atoms with Crippen LogP contribution in [0.4, 0.5) is 5.82 Å². The largest absolute Gasteiger partial charge is 0.355 e. The number of unbranched alkanes of at least 4 members (excludes halogenated alkanes) is 2. The van der Waals surface area contributed by atoms with E-state index < -0.39 is 0 Å². The number of rotatable bonds is 6. The Balaban J connectivity index is 1.54. The molecule has 0 N–H and O–H groups in total. The fourth-order valence-electron chi connectivity index (χ4n) is 5.52. The third-order valence-corrected chi connectivity index (χ3v) is 7.87. The minimum atomic E-state index is 0.227. The molecule has 1 aliphatic heterocycles. The molecule has 32 heavy (non-hydrogen) atoms. The Kier molecular flexibility index (Phi) is 6.95. The molecule has 4 rings (SSSR count). The van der Waals surface area contributed by atoms with Crippen molar-refractivity contribution in [1.29, 1.82) is 0 Å². The second-order valence-electron chi connectivity index (χ2n) is 11.3. The van der Waals surface area contributed by atoms with Crippen LogP contribution < -0.4 is 4.90 Å². The molecule has 0 unspecified atom stereocenters. The van der Waals surface area contributed by atoms with Crippen LogP contribution in [0.25, 0.3) is 11.3 Å². The van der Waals surface area contributed by atoms with E-state index in [4.69, 9.17) is 4.98 Å². The van der Waals surface area contributed by atoms with Crippen molar-refractivity contribution < 1.29 is 0 Å². The number of hydrogen-bond acceptors (Lipinski definition) is 3. The molecule has 1 aromatic heterocycles. The van der Waals surface area contributed by atoms with E-state index in [1.165, 1.54) is 68.3 Å². The normalized spacial score (nSPS) is 20.6. The third kappa shape index (κ3) is 5.03. The van der Waals surface area contributed by atoms with E-state index in [0.29, 0.717) is 0 Å². The Morgan fingerprint density at radius 1 is 0.844 bits per heavy atom. The number of hydrogen-bond donors (Lipinski definition) is 0. The van der Waals surface area contributed by atoms with Crippen molar-refractivity contribution in [3.63, 3.8) is 0 Å². The van der Waals surface area contributed by atoms with Crippen molar-refractivity contribution in [2.24, 2.45) is 0 Å². The predicted molar refractivity (Wildman–Crippen MR) is 138 cm³/mol. The van der Waals surface area contributed by atoms with Gasteiger partial charge in [-0.1, -0.05) is 65.7 Å². The Morgan fingerprint density at radius 3 is 2.41 bits per heavy atom. The SMILES string of the molecule is CCCCCN1CCCN(c2cccc(-c3ccc4c(c3)C(C)(C)CCC4(C)C)n2)CC1. The number of pyridine rings is 1. The van der Waals surface area contributed by atoms with Crippen LogP contribution in [0.2, 0.25) is 0 Å². The van der Waals surface area contributed by atoms with Crippen molar-refractivity contribution in [3.8, 4) is 11.3 Å². The van der Waals surface area contributed by atoms with E-state index in [0.717, 1.165) is 31.1 Å². The number of nitrogens with zero attached hydrogens (tertiary/aromatic N) is 3. The van der Waals surface area contributed by atoms with Gasteiger partial charge in [-0.3, -0.25) is 0 Å². The van der Waals surface area contributed by atoms with Crippen molar-refractivity contribution in [1.82, 2.24) is 9.88 Å². The van der Waals surface area contributed by atoms with Crippen LogP contribution in [0.5, 0.6) is 0 Å². The first-order valence-electron chi connectivity index (χ1n) is 12.9. The van der Waals surface area contributed by atoms with Gasteiger partial charge in [-0.15, -0.1) is 0 Å². The summed E-state index contributed by atoms with van der Waals surface area (Å²) in [5.41, 5.74) is 5.87. The van der Waals surface area contributed by atoms with Crippen molar-refractivity contribution in [3.05, 3.63) is 47.5 Å². The molecule has 1 saturated heterocycles. The molecule has 3 heteroatoms. The zero-order valence-corrected chi connectivity index (χ0v) is 21.1. The maximum absolute atomic E-state index is 5.15. The molecule has 1 fully saturated rings. The summed E-state index contributed by atoms with van der Waals surface area (Å²) in [4.78, 5) is 10.3. The van der Waals surface area contributed by atoms with Crippen molar-refractivity contribution in [2.45, 2.75) is 84.0 Å². The standard InChI is InChI=1S/C29H43N3/c1-6-7-8-17-31-18-10-19-32(21-20-31)27-12-9-11-26(30-27)23-13-14-24-25(22-23)29(4,5)16-15-28(24,2)3/h9,11-14,22H,6-8,10,15-21H2,1-5H3. The Morgan fingerprint density at radius 2 is 1.62 bits per heavy atom. The smallest absolute Gasteiger partial charge is 0.129 e. The van der Waals surface area contributed by atoms with Crippen LogP contribution >= 0.6 is 0 Å². The van der Waals surface area contributed by atoms with Crippen LogP contribution in [0.1, 0.15) is 84.3 Å². The number of aromatic nitrogens is 1. The van der Waals surface area contributed by atoms with Gasteiger partial charge in [0, 0.05) is 25.2 Å². The van der Waals surface area contributed by atoms with Gasteiger partial charge >= 0.3 is 0 Å². The first-order chi connectivity index (χ1) is 15.3. The molecule has 0 radical (unpaired) electrons. The predicted octanol–water partition coefficient (Wildman–Crippen LogP) is 6.80. The Hall–Kier alpha value is -1.87. The van der Waals surface area contributed by atoms with E-state index in [1.807, 2.05) is 0 Å². The minimum absolute atomic E-state index is 0.227. The molecular weight excluding hydrogens is 390 g/mol. The fourth-order valence-corrected chi connectivity index (χ4v) is 5.52. The van der Waals surface area contributed by atoms with Gasteiger partial charge in [0.25, 0.3) is 0 Å². The molecule has 0 amide bonds. The van der Waals surface area contributed by atoms with Gasteiger partial charge in [-0.25, -0.2) is 4.98 Å². The quantitative estimate of drug-likeness (QED) is 0.467. The molecule has 174 valence electrons. The molecule has 0 atom stereocenters. The van der Waals surface area contributed by atoms with Crippen molar-refractivity contribution >= 4 is 5.82 Å². The van der Waals surface area contributed by atoms with Gasteiger partial charge in [0.1, 0.15) is 5.82 Å². The molecular formula is C29H43N3. The molecule has 0 spiro atoms. The second kappa shape index (κ2) is 9.55. The lowest BCUT2D eigenvalue weighted by molar-refractivity contribution is 0.286. The topological polar surface area (TPSA) is 19.4 Å². The summed E-state index contributed by atoms with van der Waals surface area (Å²) in [7, 11) is 0. The number of fused-ring (bicyclic) bond motifs is 1. The molecule has 2 heterocycles. The first-order valence-corrected chi connectivity index (χ1v) is 12.9. The van der Waals surface area contributed by atoms with Crippen molar-refractivity contribution in [2.75, 3.05) is 37.6 Å². The highest BCUT2D eigenvalue weighted by molar-refractivity contribution is 5.65. The van der Waals surface area contributed by atoms with Gasteiger partial charge < -0.3 is 9.80 Å². The Labute approximate surface area is 196 Å². The molecule has 2 aromatic rings. The molecule has 3 nitrogen and oxygen atoms in total. The highest BCUT2D eigenvalue weighted by Crippen LogP contribution is 2.46. The fraction of sp³-hybridized carbons (Fsp3) is 0.621. The zero-order valence-electron chi connectivity index (χ0n) is 21.1. The number of benzene rings is 1. The van der Waals surface area contributed by atoms with Crippen LogP contribution in [0, 0.1) is 0 Å². The van der Waals surface area contributed by atoms with E-state index in [2.05, 4.69) is 80.8 Å². The molecule has 0 saturated carbocycles. The summed E-state index contributed by atoms with van der Waals surface area (Å²) in [6, 6.07) is 13.7. The van der Waals surface area contributed by atoms with Gasteiger partial charge in [0.05, 0.1) is 5.69 Å². The van der Waals surface area contributed by atoms with E-state index in [9.17, 15) is 0 Å². The molecule has 0 bridgehead atoms. The van der Waals surface area contributed by atoms with Gasteiger partial charge in [0.2, 0.25) is 0 Å². The zero-order chi connectivity index (χ0) is 22.8. The summed E-state index contributed by atoms with van der Waals surface area (Å²) in [6.45, 7) is 17.7. The lowest BCUT2D eigenvalue weighted by Gasteiger charge is -2.42. The molecule has 1 aromatic carbocycles. The van der Waals surface area contributed by atoms with Gasteiger partial charge in [-0.05, 0) is 78.9 Å². The van der Waals surface area contributed by atoms with E-state index >= 15 is 0 Å². The average molecular weight is 434 g/mol. The maximum Gasteiger partial charge on any atom is 0.129 e. The van der Waals surface area contributed by atoms with Crippen LogP contribution in [0.3, 0.4) is 0 Å².